The van der Waals surface area contributed by atoms with E-state index in [4.69, 9.17) is 0 Å². The Hall–Kier alpha value is -2.42. The van der Waals surface area contributed by atoms with Gasteiger partial charge in [0.05, 0.1) is 11.4 Å². The molecule has 0 bridgehead atoms. The first-order valence-corrected chi connectivity index (χ1v) is 9.23. The molecule has 0 radical (unpaired) electrons. The SMILES string of the molecule is CC(C)CCC(=O)c1ccn(Cc2ccc(-c3noc(C(F)(F)F)n3)s2)c1. The van der Waals surface area contributed by atoms with Gasteiger partial charge in [-0.1, -0.05) is 19.0 Å². The van der Waals surface area contributed by atoms with Crippen LogP contribution in [0.15, 0.2) is 35.1 Å². The summed E-state index contributed by atoms with van der Waals surface area (Å²) in [5.74, 6) is -0.859. The number of hydrogen-bond donors (Lipinski definition) is 0. The second-order valence-corrected chi connectivity index (χ2v) is 7.78. The molecule has 0 fully saturated rings. The highest BCUT2D eigenvalue weighted by Gasteiger charge is 2.38. The maximum Gasteiger partial charge on any atom is 0.471 e. The Morgan fingerprint density at radius 2 is 2.07 bits per heavy atom. The van der Waals surface area contributed by atoms with Crippen LogP contribution in [-0.4, -0.2) is 20.5 Å². The Kier molecular flexibility index (Phi) is 5.50. The average molecular weight is 397 g/mol. The molecule has 3 heterocycles. The predicted octanol–water partition coefficient (Wildman–Crippen LogP) is 5.29. The normalized spacial score (nSPS) is 12.1. The van der Waals surface area contributed by atoms with Crippen molar-refractivity contribution in [1.29, 1.82) is 0 Å². The summed E-state index contributed by atoms with van der Waals surface area (Å²) in [6.45, 7) is 4.66. The van der Waals surface area contributed by atoms with E-state index in [2.05, 4.69) is 28.5 Å². The van der Waals surface area contributed by atoms with Gasteiger partial charge in [-0.25, -0.2) is 0 Å². The molecule has 0 unspecified atom stereocenters. The summed E-state index contributed by atoms with van der Waals surface area (Å²) < 4.78 is 43.8. The second-order valence-electron chi connectivity index (χ2n) is 6.62. The fourth-order valence-corrected chi connectivity index (χ4v) is 3.41. The molecule has 3 aromatic heterocycles. The van der Waals surface area contributed by atoms with E-state index in [0.29, 0.717) is 29.3 Å². The van der Waals surface area contributed by atoms with Gasteiger partial charge in [-0.05, 0) is 30.5 Å². The molecule has 0 atom stereocenters. The quantitative estimate of drug-likeness (QED) is 0.509. The summed E-state index contributed by atoms with van der Waals surface area (Å²) in [6, 6.07) is 5.24. The molecule has 0 aliphatic carbocycles. The summed E-state index contributed by atoms with van der Waals surface area (Å²) in [4.78, 5) is 16.9. The number of ketones is 1. The lowest BCUT2D eigenvalue weighted by molar-refractivity contribution is -0.159. The third-order valence-corrected chi connectivity index (χ3v) is 4.98. The number of alkyl halides is 3. The number of rotatable bonds is 7. The first-order chi connectivity index (χ1) is 12.7. The molecule has 144 valence electrons. The molecule has 0 aliphatic rings. The van der Waals surface area contributed by atoms with Gasteiger partial charge in [0.25, 0.3) is 0 Å². The van der Waals surface area contributed by atoms with E-state index in [-0.39, 0.29) is 11.6 Å². The molecule has 0 N–H and O–H groups in total. The smallest absolute Gasteiger partial charge is 0.348 e. The number of nitrogens with zero attached hydrogens (tertiary/aromatic N) is 3. The predicted molar refractivity (Wildman–Crippen MR) is 94.5 cm³/mol. The van der Waals surface area contributed by atoms with Crippen molar-refractivity contribution in [2.75, 3.05) is 0 Å². The lowest BCUT2D eigenvalue weighted by Gasteiger charge is -2.02. The number of carbonyl (C=O) groups excluding carboxylic acids is 1. The zero-order valence-electron chi connectivity index (χ0n) is 14.8. The van der Waals surface area contributed by atoms with Crippen LogP contribution in [0.5, 0.6) is 0 Å². The Bertz CT molecular complexity index is 924. The topological polar surface area (TPSA) is 60.9 Å². The lowest BCUT2D eigenvalue weighted by Crippen LogP contribution is -2.04. The molecule has 3 rings (SSSR count). The Labute approximate surface area is 157 Å². The molecule has 0 aromatic carbocycles. The minimum absolute atomic E-state index is 0.0874. The molecule has 0 saturated heterocycles. The number of halogens is 3. The van der Waals surface area contributed by atoms with Gasteiger partial charge in [-0.2, -0.15) is 18.2 Å². The van der Waals surface area contributed by atoms with Gasteiger partial charge < -0.3 is 9.09 Å². The summed E-state index contributed by atoms with van der Waals surface area (Å²) in [7, 11) is 0. The molecule has 27 heavy (non-hydrogen) atoms. The van der Waals surface area contributed by atoms with Gasteiger partial charge in [0, 0.05) is 29.3 Å². The van der Waals surface area contributed by atoms with Crippen LogP contribution in [0.2, 0.25) is 0 Å². The first-order valence-electron chi connectivity index (χ1n) is 8.41. The largest absolute Gasteiger partial charge is 0.471 e. The van der Waals surface area contributed by atoms with E-state index in [1.807, 2.05) is 10.8 Å². The zero-order chi connectivity index (χ0) is 19.6. The van der Waals surface area contributed by atoms with Crippen molar-refractivity contribution in [3.8, 4) is 10.7 Å². The van der Waals surface area contributed by atoms with E-state index >= 15 is 0 Å². The van der Waals surface area contributed by atoms with Gasteiger partial charge in [-0.15, -0.1) is 11.3 Å². The van der Waals surface area contributed by atoms with Crippen molar-refractivity contribution in [1.82, 2.24) is 14.7 Å². The minimum Gasteiger partial charge on any atom is -0.348 e. The Morgan fingerprint density at radius 3 is 2.74 bits per heavy atom. The average Bonchev–Trinajstić information content (AvgIpc) is 3.32. The molecule has 5 nitrogen and oxygen atoms in total. The van der Waals surface area contributed by atoms with E-state index in [9.17, 15) is 18.0 Å². The molecule has 3 aromatic rings. The highest BCUT2D eigenvalue weighted by Crippen LogP contribution is 2.32. The molecule has 0 spiro atoms. The molecular formula is C18H18F3N3O2S. The van der Waals surface area contributed by atoms with Crippen LogP contribution >= 0.6 is 11.3 Å². The van der Waals surface area contributed by atoms with Crippen LogP contribution in [0.4, 0.5) is 13.2 Å². The molecule has 0 saturated carbocycles. The van der Waals surface area contributed by atoms with Gasteiger partial charge in [0.1, 0.15) is 0 Å². The maximum absolute atomic E-state index is 12.6. The van der Waals surface area contributed by atoms with Gasteiger partial charge >= 0.3 is 12.1 Å². The third-order valence-electron chi connectivity index (χ3n) is 3.91. The number of carbonyl (C=O) groups is 1. The van der Waals surface area contributed by atoms with Crippen LogP contribution in [0.1, 0.15) is 47.8 Å². The molecule has 9 heteroatoms. The van der Waals surface area contributed by atoms with Crippen molar-refractivity contribution in [3.63, 3.8) is 0 Å². The highest BCUT2D eigenvalue weighted by atomic mass is 32.1. The first kappa shape index (κ1) is 19.3. The fraction of sp³-hybridized carbons (Fsp3) is 0.389. The molecular weight excluding hydrogens is 379 g/mol. The van der Waals surface area contributed by atoms with Crippen LogP contribution in [0.3, 0.4) is 0 Å². The van der Waals surface area contributed by atoms with Crippen molar-refractivity contribution in [2.45, 2.75) is 39.4 Å². The number of hydrogen-bond acceptors (Lipinski definition) is 5. The van der Waals surface area contributed by atoms with Crippen molar-refractivity contribution >= 4 is 17.1 Å². The molecule has 0 amide bonds. The third kappa shape index (κ3) is 4.85. The van der Waals surface area contributed by atoms with Gasteiger partial charge in [0.15, 0.2) is 5.78 Å². The van der Waals surface area contributed by atoms with Crippen LogP contribution in [0, 0.1) is 5.92 Å². The van der Waals surface area contributed by atoms with Crippen molar-refractivity contribution in [3.05, 3.63) is 46.9 Å². The summed E-state index contributed by atoms with van der Waals surface area (Å²) in [5, 5.41) is 3.39. The number of thiophene rings is 1. The lowest BCUT2D eigenvalue weighted by atomic mass is 10.0. The summed E-state index contributed by atoms with van der Waals surface area (Å²) in [5.41, 5.74) is 0.667. The maximum atomic E-state index is 12.6. The van der Waals surface area contributed by atoms with Gasteiger partial charge in [-0.3, -0.25) is 4.79 Å². The van der Waals surface area contributed by atoms with Crippen LogP contribution < -0.4 is 0 Å². The standard InChI is InChI=1S/C18H18F3N3O2S/c1-11(2)3-5-14(25)12-7-8-24(9-12)10-13-4-6-15(27-13)16-22-17(26-23-16)18(19,20)21/h4,6-9,11H,3,5,10H2,1-2H3. The van der Waals surface area contributed by atoms with Crippen LogP contribution in [-0.2, 0) is 12.7 Å². The van der Waals surface area contributed by atoms with Gasteiger partial charge in [0.2, 0.25) is 5.82 Å². The molecule has 0 aliphatic heterocycles. The van der Waals surface area contributed by atoms with E-state index in [1.165, 1.54) is 11.3 Å². The fourth-order valence-electron chi connectivity index (χ4n) is 2.47. The Morgan fingerprint density at radius 1 is 1.30 bits per heavy atom. The minimum atomic E-state index is -4.66. The number of Topliss-reactive ketones (excluding diaryl/α,β-unsaturated/α-hetero) is 1. The summed E-state index contributed by atoms with van der Waals surface area (Å²) >= 11 is 1.28. The monoisotopic (exact) mass is 397 g/mol. The van der Waals surface area contributed by atoms with E-state index < -0.39 is 12.1 Å². The number of aromatic nitrogens is 3. The van der Waals surface area contributed by atoms with Crippen molar-refractivity contribution < 1.29 is 22.5 Å². The highest BCUT2D eigenvalue weighted by molar-refractivity contribution is 7.15. The van der Waals surface area contributed by atoms with Crippen LogP contribution in [0.25, 0.3) is 10.7 Å². The zero-order valence-corrected chi connectivity index (χ0v) is 15.6. The Balaban J connectivity index is 1.66. The van der Waals surface area contributed by atoms with E-state index in [1.54, 1.807) is 24.4 Å². The summed E-state index contributed by atoms with van der Waals surface area (Å²) in [6.07, 6.45) is 0.318. The van der Waals surface area contributed by atoms with Crippen molar-refractivity contribution in [2.24, 2.45) is 5.92 Å². The second kappa shape index (κ2) is 7.67. The van der Waals surface area contributed by atoms with E-state index in [0.717, 1.165) is 11.3 Å².